The lowest BCUT2D eigenvalue weighted by Gasteiger charge is -2.18. The van der Waals surface area contributed by atoms with Crippen LogP contribution >= 0.6 is 11.3 Å². The molecule has 0 spiro atoms. The number of nitrogens with zero attached hydrogens (tertiary/aromatic N) is 1. The number of benzene rings is 2. The van der Waals surface area contributed by atoms with Crippen molar-refractivity contribution >= 4 is 28.8 Å². The molecule has 2 N–H and O–H groups in total. The summed E-state index contributed by atoms with van der Waals surface area (Å²) in [4.78, 5) is 28.6. The number of aryl methyl sites for hydroxylation is 2. The van der Waals surface area contributed by atoms with Gasteiger partial charge in [-0.1, -0.05) is 42.0 Å². The number of carbonyl (C=O) groups is 2. The van der Waals surface area contributed by atoms with E-state index in [9.17, 15) is 9.59 Å². The summed E-state index contributed by atoms with van der Waals surface area (Å²) in [5.41, 5.74) is 4.70. The number of aromatic nitrogens is 1. The summed E-state index contributed by atoms with van der Waals surface area (Å²) in [6.07, 6.45) is 0.162. The maximum absolute atomic E-state index is 12.5. The molecule has 0 radical (unpaired) electrons. The van der Waals surface area contributed by atoms with Gasteiger partial charge in [-0.05, 0) is 31.5 Å². The molecule has 0 saturated carbocycles. The zero-order chi connectivity index (χ0) is 20.1. The van der Waals surface area contributed by atoms with Gasteiger partial charge in [-0.3, -0.25) is 9.59 Å². The lowest BCUT2D eigenvalue weighted by molar-refractivity contribution is -0.120. The molecule has 0 aliphatic carbocycles. The van der Waals surface area contributed by atoms with Crippen molar-refractivity contribution in [1.82, 2.24) is 10.3 Å². The first-order valence-corrected chi connectivity index (χ1v) is 9.95. The Morgan fingerprint density at radius 3 is 2.29 bits per heavy atom. The highest BCUT2D eigenvalue weighted by atomic mass is 32.1. The van der Waals surface area contributed by atoms with Crippen LogP contribution in [0.3, 0.4) is 0 Å². The van der Waals surface area contributed by atoms with Gasteiger partial charge in [0.2, 0.25) is 11.8 Å². The summed E-state index contributed by atoms with van der Waals surface area (Å²) < 4.78 is 0. The van der Waals surface area contributed by atoms with Crippen molar-refractivity contribution in [3.63, 3.8) is 0 Å². The molecule has 28 heavy (non-hydrogen) atoms. The number of hydrogen-bond donors (Lipinski definition) is 2. The minimum absolute atomic E-state index is 0.156. The van der Waals surface area contributed by atoms with E-state index in [-0.39, 0.29) is 24.3 Å². The monoisotopic (exact) mass is 393 g/mol. The fraction of sp³-hybridized carbons (Fsp3) is 0.227. The summed E-state index contributed by atoms with van der Waals surface area (Å²) >= 11 is 1.61. The van der Waals surface area contributed by atoms with E-state index in [0.717, 1.165) is 27.4 Å². The maximum Gasteiger partial charge on any atom is 0.226 e. The van der Waals surface area contributed by atoms with Crippen LogP contribution in [0.5, 0.6) is 0 Å². The van der Waals surface area contributed by atoms with Gasteiger partial charge in [-0.25, -0.2) is 4.98 Å². The van der Waals surface area contributed by atoms with Gasteiger partial charge < -0.3 is 10.6 Å². The Kier molecular flexibility index (Phi) is 6.21. The first kappa shape index (κ1) is 19.8. The molecule has 0 aliphatic heterocycles. The Labute approximate surface area is 168 Å². The van der Waals surface area contributed by atoms with Gasteiger partial charge in [0.05, 0.1) is 23.2 Å². The predicted octanol–water partition coefficient (Wildman–Crippen LogP) is 4.63. The highest BCUT2D eigenvalue weighted by molar-refractivity contribution is 7.09. The molecule has 2 aromatic carbocycles. The van der Waals surface area contributed by atoms with E-state index < -0.39 is 0 Å². The highest BCUT2D eigenvalue weighted by Gasteiger charge is 2.17. The van der Waals surface area contributed by atoms with Crippen molar-refractivity contribution in [3.05, 3.63) is 70.0 Å². The summed E-state index contributed by atoms with van der Waals surface area (Å²) in [6, 6.07) is 15.1. The number of carbonyl (C=O) groups excluding carboxylic acids is 2. The van der Waals surface area contributed by atoms with Gasteiger partial charge in [0.1, 0.15) is 0 Å². The smallest absolute Gasteiger partial charge is 0.226 e. The van der Waals surface area contributed by atoms with Gasteiger partial charge in [0.15, 0.2) is 0 Å². The summed E-state index contributed by atoms with van der Waals surface area (Å²) in [6.45, 7) is 5.43. The number of thiazole rings is 1. The molecule has 144 valence electrons. The average Bonchev–Trinajstić information content (AvgIpc) is 3.08. The molecule has 1 aromatic heterocycles. The van der Waals surface area contributed by atoms with Crippen LogP contribution in [0.1, 0.15) is 35.5 Å². The van der Waals surface area contributed by atoms with Gasteiger partial charge in [-0.2, -0.15) is 0 Å². The van der Waals surface area contributed by atoms with E-state index in [4.69, 9.17) is 0 Å². The molecule has 0 aliphatic rings. The van der Waals surface area contributed by atoms with E-state index in [1.807, 2.05) is 67.8 Å². The molecule has 1 unspecified atom stereocenters. The van der Waals surface area contributed by atoms with Gasteiger partial charge in [0.25, 0.3) is 0 Å². The maximum atomic E-state index is 12.5. The minimum Gasteiger partial charge on any atom is -0.349 e. The Hall–Kier alpha value is -2.99. The van der Waals surface area contributed by atoms with E-state index in [0.29, 0.717) is 5.69 Å². The van der Waals surface area contributed by atoms with Crippen LogP contribution < -0.4 is 10.6 Å². The van der Waals surface area contributed by atoms with Crippen molar-refractivity contribution in [2.75, 3.05) is 5.32 Å². The quantitative estimate of drug-likeness (QED) is 0.641. The summed E-state index contributed by atoms with van der Waals surface area (Å²) in [5, 5.41) is 8.80. The lowest BCUT2D eigenvalue weighted by Crippen LogP contribution is -2.29. The lowest BCUT2D eigenvalue weighted by atomic mass is 10.0. The van der Waals surface area contributed by atoms with Crippen LogP contribution in [0.4, 0.5) is 5.69 Å². The van der Waals surface area contributed by atoms with Crippen molar-refractivity contribution in [2.45, 2.75) is 33.2 Å². The van der Waals surface area contributed by atoms with Gasteiger partial charge in [-0.15, -0.1) is 11.3 Å². The Bertz CT molecular complexity index is 962. The predicted molar refractivity (Wildman–Crippen MR) is 113 cm³/mol. The highest BCUT2D eigenvalue weighted by Crippen LogP contribution is 2.24. The van der Waals surface area contributed by atoms with Crippen LogP contribution in [0.15, 0.2) is 53.9 Å². The number of hydrogen-bond acceptors (Lipinski definition) is 4. The molecule has 0 fully saturated rings. The number of anilines is 1. The molecule has 3 rings (SSSR count). The second kappa shape index (κ2) is 8.80. The third kappa shape index (κ3) is 5.27. The molecular formula is C22H23N3O2S. The fourth-order valence-electron chi connectivity index (χ4n) is 2.91. The van der Waals surface area contributed by atoms with Gasteiger partial charge in [0, 0.05) is 23.6 Å². The molecule has 1 heterocycles. The zero-order valence-corrected chi connectivity index (χ0v) is 17.0. The SMILES string of the molecule is CC(=O)NC(CC(=O)Nc1ccc(-c2csc(C)n2)cc1)c1ccc(C)cc1. The molecular weight excluding hydrogens is 370 g/mol. The summed E-state index contributed by atoms with van der Waals surface area (Å²) in [5.74, 6) is -0.321. The number of amides is 2. The van der Waals surface area contributed by atoms with Gasteiger partial charge >= 0.3 is 0 Å². The first-order valence-electron chi connectivity index (χ1n) is 9.07. The molecule has 0 bridgehead atoms. The Morgan fingerprint density at radius 2 is 1.71 bits per heavy atom. The second-order valence-corrected chi connectivity index (χ2v) is 7.81. The largest absolute Gasteiger partial charge is 0.349 e. The Morgan fingerprint density at radius 1 is 1.04 bits per heavy atom. The number of nitrogens with one attached hydrogen (secondary N) is 2. The van der Waals surface area contributed by atoms with E-state index in [1.54, 1.807) is 11.3 Å². The van der Waals surface area contributed by atoms with E-state index in [2.05, 4.69) is 15.6 Å². The van der Waals surface area contributed by atoms with Crippen molar-refractivity contribution < 1.29 is 9.59 Å². The summed E-state index contributed by atoms with van der Waals surface area (Å²) in [7, 11) is 0. The van der Waals surface area contributed by atoms with E-state index in [1.165, 1.54) is 6.92 Å². The van der Waals surface area contributed by atoms with E-state index >= 15 is 0 Å². The average molecular weight is 394 g/mol. The number of rotatable bonds is 6. The molecule has 5 nitrogen and oxygen atoms in total. The normalized spacial score (nSPS) is 11.7. The first-order chi connectivity index (χ1) is 13.4. The standard InChI is InChI=1S/C22H23N3O2S/c1-14-4-6-17(7-5-14)20(23-15(2)26)12-22(27)25-19-10-8-18(9-11-19)21-13-28-16(3)24-21/h4-11,13,20H,12H2,1-3H3,(H,23,26)(H,25,27). The molecule has 1 atom stereocenters. The third-order valence-corrected chi connectivity index (χ3v) is 5.10. The van der Waals surface area contributed by atoms with Crippen LogP contribution in [0.2, 0.25) is 0 Å². The molecule has 3 aromatic rings. The second-order valence-electron chi connectivity index (χ2n) is 6.75. The molecule has 2 amide bonds. The van der Waals surface area contributed by atoms with Crippen LogP contribution in [0, 0.1) is 13.8 Å². The van der Waals surface area contributed by atoms with Crippen LogP contribution in [0.25, 0.3) is 11.3 Å². The zero-order valence-electron chi connectivity index (χ0n) is 16.2. The third-order valence-electron chi connectivity index (χ3n) is 4.33. The topological polar surface area (TPSA) is 71.1 Å². The molecule has 0 saturated heterocycles. The van der Waals surface area contributed by atoms with Crippen LogP contribution in [-0.4, -0.2) is 16.8 Å². The van der Waals surface area contributed by atoms with Crippen molar-refractivity contribution in [1.29, 1.82) is 0 Å². The fourth-order valence-corrected chi connectivity index (χ4v) is 3.54. The Balaban J connectivity index is 1.66. The van der Waals surface area contributed by atoms with Crippen molar-refractivity contribution in [2.24, 2.45) is 0 Å². The minimum atomic E-state index is -0.365. The van der Waals surface area contributed by atoms with Crippen molar-refractivity contribution in [3.8, 4) is 11.3 Å². The van der Waals surface area contributed by atoms with Crippen LogP contribution in [-0.2, 0) is 9.59 Å². The molecule has 6 heteroatoms.